The summed E-state index contributed by atoms with van der Waals surface area (Å²) in [6.07, 6.45) is 2.42. The standard InChI is InChI=1S/C11H17NO5S/c1-6-4-7(2)10(8(3)13)9(5-6)11(14)12-17-18(15)16/h4,7,9-10H,5H2,1-3H3,(H,12,14)(H,15,16). The fraction of sp³-hybridized carbons (Fsp3) is 0.636. The molecule has 0 saturated heterocycles. The summed E-state index contributed by atoms with van der Waals surface area (Å²) in [7, 11) is 0. The Morgan fingerprint density at radius 2 is 2.17 bits per heavy atom. The third-order valence-corrected chi connectivity index (χ3v) is 3.33. The highest BCUT2D eigenvalue weighted by atomic mass is 32.2. The first-order valence-corrected chi connectivity index (χ1v) is 6.62. The summed E-state index contributed by atoms with van der Waals surface area (Å²) >= 11 is -2.56. The molecule has 0 bridgehead atoms. The summed E-state index contributed by atoms with van der Waals surface area (Å²) in [5.41, 5.74) is 2.93. The van der Waals surface area contributed by atoms with Gasteiger partial charge in [-0.25, -0.2) is 5.48 Å². The maximum atomic E-state index is 11.8. The molecule has 0 aromatic carbocycles. The van der Waals surface area contributed by atoms with Crippen molar-refractivity contribution in [2.45, 2.75) is 27.2 Å². The lowest BCUT2D eigenvalue weighted by Gasteiger charge is -2.32. The van der Waals surface area contributed by atoms with E-state index in [1.54, 1.807) is 0 Å². The van der Waals surface area contributed by atoms with Crippen LogP contribution >= 0.6 is 0 Å². The van der Waals surface area contributed by atoms with E-state index in [1.165, 1.54) is 6.92 Å². The van der Waals surface area contributed by atoms with Gasteiger partial charge in [-0.2, -0.15) is 4.21 Å². The summed E-state index contributed by atoms with van der Waals surface area (Å²) < 4.78 is 22.9. The van der Waals surface area contributed by atoms with Gasteiger partial charge in [0.05, 0.1) is 5.92 Å². The minimum Gasteiger partial charge on any atom is -0.300 e. The predicted octanol–water partition coefficient (Wildman–Crippen LogP) is 0.978. The molecule has 0 aromatic heterocycles. The second kappa shape index (κ2) is 6.21. The molecule has 0 saturated carbocycles. The molecule has 0 aliphatic heterocycles. The number of rotatable bonds is 4. The van der Waals surface area contributed by atoms with Crippen molar-refractivity contribution in [2.75, 3.05) is 0 Å². The van der Waals surface area contributed by atoms with Crippen molar-refractivity contribution >= 4 is 23.1 Å². The third-order valence-electron chi connectivity index (χ3n) is 3.11. The van der Waals surface area contributed by atoms with Crippen LogP contribution in [-0.4, -0.2) is 20.5 Å². The molecule has 4 unspecified atom stereocenters. The molecule has 1 aliphatic carbocycles. The second-order valence-electron chi connectivity index (χ2n) is 4.59. The van der Waals surface area contributed by atoms with Gasteiger partial charge in [-0.05, 0) is 26.2 Å². The van der Waals surface area contributed by atoms with E-state index in [9.17, 15) is 13.8 Å². The number of ketones is 1. The number of Topliss-reactive ketones (excluding diaryl/α,β-unsaturated/α-hetero) is 1. The van der Waals surface area contributed by atoms with E-state index in [0.29, 0.717) is 6.42 Å². The Bertz CT molecular complexity index is 406. The van der Waals surface area contributed by atoms with E-state index in [2.05, 4.69) is 4.28 Å². The maximum absolute atomic E-state index is 11.8. The number of nitrogens with one attached hydrogen (secondary N) is 1. The normalized spacial score (nSPS) is 29.3. The lowest BCUT2D eigenvalue weighted by molar-refractivity contribution is -0.139. The lowest BCUT2D eigenvalue weighted by Crippen LogP contribution is -2.41. The molecule has 0 heterocycles. The third kappa shape index (κ3) is 3.72. The van der Waals surface area contributed by atoms with Gasteiger partial charge in [-0.3, -0.25) is 14.1 Å². The number of carbonyl (C=O) groups is 2. The highest BCUT2D eigenvalue weighted by Gasteiger charge is 2.37. The Morgan fingerprint density at radius 3 is 2.67 bits per heavy atom. The van der Waals surface area contributed by atoms with Gasteiger partial charge >= 0.3 is 11.4 Å². The zero-order chi connectivity index (χ0) is 13.9. The Kier molecular flexibility index (Phi) is 5.18. The Hall–Kier alpha value is -1.05. The van der Waals surface area contributed by atoms with Gasteiger partial charge in [0.2, 0.25) is 5.91 Å². The largest absolute Gasteiger partial charge is 0.324 e. The molecule has 1 amide bonds. The van der Waals surface area contributed by atoms with Crippen molar-refractivity contribution in [3.05, 3.63) is 11.6 Å². The summed E-state index contributed by atoms with van der Waals surface area (Å²) in [5.74, 6) is -1.64. The van der Waals surface area contributed by atoms with Crippen LogP contribution in [0.5, 0.6) is 0 Å². The van der Waals surface area contributed by atoms with E-state index in [1.807, 2.05) is 25.4 Å². The van der Waals surface area contributed by atoms with Crippen LogP contribution in [0.2, 0.25) is 0 Å². The summed E-state index contributed by atoms with van der Waals surface area (Å²) in [5, 5.41) is 0. The number of allylic oxidation sites excluding steroid dienone is 2. The van der Waals surface area contributed by atoms with Crippen LogP contribution in [0, 0.1) is 17.8 Å². The predicted molar refractivity (Wildman–Crippen MR) is 65.2 cm³/mol. The SMILES string of the molecule is CC(=O)C1C(C)C=C(C)CC1C(=O)NOS(=O)O. The molecule has 7 heteroatoms. The van der Waals surface area contributed by atoms with Gasteiger partial charge in [-0.15, -0.1) is 4.28 Å². The van der Waals surface area contributed by atoms with Crippen molar-refractivity contribution in [3.8, 4) is 0 Å². The average Bonchev–Trinajstić information content (AvgIpc) is 2.23. The van der Waals surface area contributed by atoms with E-state index in [0.717, 1.165) is 5.57 Å². The van der Waals surface area contributed by atoms with Crippen LogP contribution in [0.1, 0.15) is 27.2 Å². The minimum atomic E-state index is -2.56. The van der Waals surface area contributed by atoms with Crippen molar-refractivity contribution < 1.29 is 22.6 Å². The fourth-order valence-corrected chi connectivity index (χ4v) is 2.68. The number of hydrogen-bond acceptors (Lipinski definition) is 4. The molecule has 18 heavy (non-hydrogen) atoms. The number of hydrogen-bond donors (Lipinski definition) is 2. The van der Waals surface area contributed by atoms with Crippen LogP contribution in [0.25, 0.3) is 0 Å². The molecule has 6 nitrogen and oxygen atoms in total. The Balaban J connectivity index is 2.83. The number of amides is 1. The molecular weight excluding hydrogens is 258 g/mol. The number of hydroxylamine groups is 1. The van der Waals surface area contributed by atoms with Crippen molar-refractivity contribution in [1.82, 2.24) is 5.48 Å². The van der Waals surface area contributed by atoms with Gasteiger partial charge in [0.1, 0.15) is 5.78 Å². The molecule has 4 atom stereocenters. The zero-order valence-electron chi connectivity index (χ0n) is 10.5. The van der Waals surface area contributed by atoms with Gasteiger partial charge in [-0.1, -0.05) is 18.6 Å². The molecule has 1 aliphatic rings. The summed E-state index contributed by atoms with van der Waals surface area (Å²) in [4.78, 5) is 23.5. The van der Waals surface area contributed by atoms with Crippen LogP contribution in [0.4, 0.5) is 0 Å². The first kappa shape index (κ1) is 15.0. The van der Waals surface area contributed by atoms with Gasteiger partial charge < -0.3 is 0 Å². The zero-order valence-corrected chi connectivity index (χ0v) is 11.3. The van der Waals surface area contributed by atoms with Gasteiger partial charge in [0, 0.05) is 5.92 Å². The Morgan fingerprint density at radius 1 is 1.56 bits per heavy atom. The van der Waals surface area contributed by atoms with Crippen molar-refractivity contribution in [3.63, 3.8) is 0 Å². The second-order valence-corrected chi connectivity index (χ2v) is 5.19. The quantitative estimate of drug-likeness (QED) is 0.453. The van der Waals surface area contributed by atoms with E-state index in [-0.39, 0.29) is 11.7 Å². The van der Waals surface area contributed by atoms with Crippen LogP contribution in [0.15, 0.2) is 11.6 Å². The first-order valence-electron chi connectivity index (χ1n) is 5.58. The molecule has 102 valence electrons. The average molecular weight is 275 g/mol. The molecular formula is C11H17NO5S. The number of carbonyl (C=O) groups excluding carboxylic acids is 2. The molecule has 1 rings (SSSR count). The highest BCUT2D eigenvalue weighted by Crippen LogP contribution is 2.34. The van der Waals surface area contributed by atoms with Crippen LogP contribution in [-0.2, 0) is 25.2 Å². The topological polar surface area (TPSA) is 92.7 Å². The lowest BCUT2D eigenvalue weighted by atomic mass is 9.72. The smallest absolute Gasteiger partial charge is 0.300 e. The first-order chi connectivity index (χ1) is 8.32. The maximum Gasteiger partial charge on any atom is 0.324 e. The molecule has 0 aromatic rings. The van der Waals surface area contributed by atoms with E-state index >= 15 is 0 Å². The molecule has 0 radical (unpaired) electrons. The minimum absolute atomic E-state index is 0.0355. The summed E-state index contributed by atoms with van der Waals surface area (Å²) in [6, 6.07) is 0. The Labute approximate surface area is 108 Å². The van der Waals surface area contributed by atoms with Gasteiger partial charge in [0.25, 0.3) is 0 Å². The monoisotopic (exact) mass is 275 g/mol. The van der Waals surface area contributed by atoms with E-state index < -0.39 is 29.1 Å². The van der Waals surface area contributed by atoms with Crippen molar-refractivity contribution in [1.29, 1.82) is 0 Å². The molecule has 0 spiro atoms. The molecule has 0 fully saturated rings. The van der Waals surface area contributed by atoms with E-state index in [4.69, 9.17) is 4.55 Å². The fourth-order valence-electron chi connectivity index (χ4n) is 2.52. The van der Waals surface area contributed by atoms with Crippen LogP contribution < -0.4 is 5.48 Å². The highest BCUT2D eigenvalue weighted by molar-refractivity contribution is 7.74. The van der Waals surface area contributed by atoms with Gasteiger partial charge in [0.15, 0.2) is 0 Å². The van der Waals surface area contributed by atoms with Crippen molar-refractivity contribution in [2.24, 2.45) is 17.8 Å². The molecule has 2 N–H and O–H groups in total. The van der Waals surface area contributed by atoms with Crippen LogP contribution in [0.3, 0.4) is 0 Å². The summed E-state index contributed by atoms with van der Waals surface area (Å²) in [6.45, 7) is 5.21.